The molecule has 0 atom stereocenters. The molecule has 0 saturated heterocycles. The maximum absolute atomic E-state index is 12.6. The molecule has 4 heteroatoms. The zero-order chi connectivity index (χ0) is 13.4. The zero-order valence-electron chi connectivity index (χ0n) is 10.4. The van der Waals surface area contributed by atoms with Gasteiger partial charge in [-0.15, -0.1) is 0 Å². The third-order valence-electron chi connectivity index (χ3n) is 3.09. The molecule has 3 rings (SSSR count). The molecule has 0 unspecified atom stereocenters. The number of benzene rings is 2. The van der Waals surface area contributed by atoms with Crippen LogP contribution in [0.2, 0.25) is 5.02 Å². The van der Waals surface area contributed by atoms with Gasteiger partial charge in [-0.25, -0.2) is 9.78 Å². The maximum atomic E-state index is 12.6. The number of nitrogens with one attached hydrogen (secondary N) is 1. The standard InChI is InChI=1S/C15H11ClN2O/c1-10-17-13-4-2-3-5-14(13)18(10)15(19)11-6-8-12(16)9-7-11/h2-9H,1H3/p+1. The molecule has 0 saturated carbocycles. The molecule has 1 heterocycles. The van der Waals surface area contributed by atoms with Crippen LogP contribution in [0.25, 0.3) is 11.0 Å². The number of carbonyl (C=O) groups is 1. The third-order valence-corrected chi connectivity index (χ3v) is 3.34. The first-order chi connectivity index (χ1) is 9.16. The molecule has 3 nitrogen and oxygen atoms in total. The predicted molar refractivity (Wildman–Crippen MR) is 74.4 cm³/mol. The van der Waals surface area contributed by atoms with Gasteiger partial charge in [0.05, 0.1) is 5.56 Å². The Kier molecular flexibility index (Phi) is 2.84. The molecule has 0 aliphatic heterocycles. The van der Waals surface area contributed by atoms with Gasteiger partial charge >= 0.3 is 5.91 Å². The first kappa shape index (κ1) is 11.9. The number of nitrogens with zero attached hydrogens (tertiary/aromatic N) is 1. The van der Waals surface area contributed by atoms with Crippen molar-refractivity contribution in [3.63, 3.8) is 0 Å². The lowest BCUT2D eigenvalue weighted by Crippen LogP contribution is -2.16. The van der Waals surface area contributed by atoms with Gasteiger partial charge in [0.2, 0.25) is 0 Å². The quantitative estimate of drug-likeness (QED) is 0.670. The molecule has 1 N–H and O–H groups in total. The molecule has 0 bridgehead atoms. The van der Waals surface area contributed by atoms with Crippen LogP contribution in [0, 0.1) is 6.92 Å². The minimum Gasteiger partial charge on any atom is -0.241 e. The molecule has 0 amide bonds. The Bertz CT molecular complexity index is 759. The Morgan fingerprint density at radius 1 is 1.11 bits per heavy atom. The fourth-order valence-corrected chi connectivity index (χ4v) is 2.32. The Hall–Kier alpha value is -2.13. The van der Waals surface area contributed by atoms with E-state index in [1.54, 1.807) is 28.8 Å². The summed E-state index contributed by atoms with van der Waals surface area (Å²) in [4.78, 5) is 15.8. The molecule has 94 valence electrons. The number of hydrogen-bond donors (Lipinski definition) is 0. The van der Waals surface area contributed by atoms with Crippen LogP contribution in [0.1, 0.15) is 16.2 Å². The molecule has 19 heavy (non-hydrogen) atoms. The van der Waals surface area contributed by atoms with E-state index < -0.39 is 0 Å². The van der Waals surface area contributed by atoms with Crippen molar-refractivity contribution in [3.05, 3.63) is 64.9 Å². The van der Waals surface area contributed by atoms with Crippen LogP contribution in [0.3, 0.4) is 0 Å². The molecule has 1 aromatic heterocycles. The predicted octanol–water partition coefficient (Wildman–Crippen LogP) is 3.11. The van der Waals surface area contributed by atoms with Crippen LogP contribution >= 0.6 is 11.6 Å². The second-order valence-corrected chi connectivity index (χ2v) is 4.81. The van der Waals surface area contributed by atoms with E-state index in [-0.39, 0.29) is 5.91 Å². The highest BCUT2D eigenvalue weighted by molar-refractivity contribution is 6.30. The number of aromatic amines is 1. The Morgan fingerprint density at radius 2 is 1.79 bits per heavy atom. The van der Waals surface area contributed by atoms with Crippen LogP contribution < -0.4 is 4.98 Å². The molecule has 0 fully saturated rings. The summed E-state index contributed by atoms with van der Waals surface area (Å²) in [6.45, 7) is 1.88. The van der Waals surface area contributed by atoms with Crippen LogP contribution in [0.15, 0.2) is 48.5 Å². The van der Waals surface area contributed by atoms with E-state index in [1.807, 2.05) is 31.2 Å². The average molecular weight is 272 g/mol. The van der Waals surface area contributed by atoms with Gasteiger partial charge in [0.25, 0.3) is 5.82 Å². The molecular weight excluding hydrogens is 260 g/mol. The number of para-hydroxylation sites is 2. The van der Waals surface area contributed by atoms with E-state index >= 15 is 0 Å². The van der Waals surface area contributed by atoms with Crippen molar-refractivity contribution >= 4 is 28.5 Å². The van der Waals surface area contributed by atoms with Crippen molar-refractivity contribution in [2.24, 2.45) is 0 Å². The number of fused-ring (bicyclic) bond motifs is 1. The van der Waals surface area contributed by atoms with Gasteiger partial charge in [0, 0.05) is 11.9 Å². The topological polar surface area (TPSA) is 36.1 Å². The maximum Gasteiger partial charge on any atom is 0.346 e. The van der Waals surface area contributed by atoms with Crippen LogP contribution in [0.4, 0.5) is 0 Å². The highest BCUT2D eigenvalue weighted by Gasteiger charge is 2.22. The Balaban J connectivity index is 2.16. The van der Waals surface area contributed by atoms with Gasteiger partial charge in [-0.2, -0.15) is 4.57 Å². The van der Waals surface area contributed by atoms with Crippen molar-refractivity contribution in [3.8, 4) is 0 Å². The highest BCUT2D eigenvalue weighted by atomic mass is 35.5. The summed E-state index contributed by atoms with van der Waals surface area (Å²) in [5, 5.41) is 0.622. The smallest absolute Gasteiger partial charge is 0.241 e. The Morgan fingerprint density at radius 3 is 2.53 bits per heavy atom. The van der Waals surface area contributed by atoms with E-state index in [9.17, 15) is 4.79 Å². The second kappa shape index (κ2) is 4.52. The number of H-pyrrole nitrogens is 1. The number of imidazole rings is 1. The molecule has 3 aromatic rings. The number of hydrogen-bond acceptors (Lipinski definition) is 1. The Labute approximate surface area is 115 Å². The van der Waals surface area contributed by atoms with E-state index in [1.165, 1.54) is 0 Å². The van der Waals surface area contributed by atoms with Crippen LogP contribution in [-0.2, 0) is 0 Å². The number of carbonyl (C=O) groups excluding carboxylic acids is 1. The monoisotopic (exact) mass is 271 g/mol. The molecular formula is C15H12ClN2O+. The lowest BCUT2D eigenvalue weighted by atomic mass is 10.2. The fraction of sp³-hybridized carbons (Fsp3) is 0.0667. The zero-order valence-corrected chi connectivity index (χ0v) is 11.1. The normalized spacial score (nSPS) is 10.8. The van der Waals surface area contributed by atoms with Crippen LogP contribution in [0.5, 0.6) is 0 Å². The molecule has 0 aliphatic rings. The summed E-state index contributed by atoms with van der Waals surface area (Å²) >= 11 is 5.84. The molecule has 2 aromatic carbocycles. The summed E-state index contributed by atoms with van der Waals surface area (Å²) in [6.07, 6.45) is 0. The lowest BCUT2D eigenvalue weighted by Gasteiger charge is -1.99. The molecule has 0 aliphatic carbocycles. The average Bonchev–Trinajstić information content (AvgIpc) is 2.74. The summed E-state index contributed by atoms with van der Waals surface area (Å²) in [6, 6.07) is 14.6. The van der Waals surface area contributed by atoms with Crippen LogP contribution in [-0.4, -0.2) is 10.5 Å². The van der Waals surface area contributed by atoms with Gasteiger partial charge in [-0.1, -0.05) is 23.7 Å². The van der Waals surface area contributed by atoms with E-state index in [0.717, 1.165) is 16.9 Å². The second-order valence-electron chi connectivity index (χ2n) is 4.38. The van der Waals surface area contributed by atoms with Gasteiger partial charge in [-0.3, -0.25) is 0 Å². The summed E-state index contributed by atoms with van der Waals surface area (Å²) in [7, 11) is 0. The third kappa shape index (κ3) is 2.02. The number of aryl methyl sites for hydroxylation is 1. The minimum absolute atomic E-state index is 0.0633. The summed E-state index contributed by atoms with van der Waals surface area (Å²) < 4.78 is 1.68. The van der Waals surface area contributed by atoms with E-state index in [4.69, 9.17) is 11.6 Å². The van der Waals surface area contributed by atoms with E-state index in [0.29, 0.717) is 10.6 Å². The van der Waals surface area contributed by atoms with Crippen molar-refractivity contribution in [2.75, 3.05) is 0 Å². The number of aromatic nitrogens is 2. The first-order valence-corrected chi connectivity index (χ1v) is 6.34. The van der Waals surface area contributed by atoms with Crippen molar-refractivity contribution in [2.45, 2.75) is 6.92 Å². The van der Waals surface area contributed by atoms with Crippen molar-refractivity contribution in [1.29, 1.82) is 0 Å². The minimum atomic E-state index is -0.0633. The van der Waals surface area contributed by atoms with E-state index in [2.05, 4.69) is 4.98 Å². The number of rotatable bonds is 1. The van der Waals surface area contributed by atoms with Crippen molar-refractivity contribution < 1.29 is 9.78 Å². The fourth-order valence-electron chi connectivity index (χ4n) is 2.19. The largest absolute Gasteiger partial charge is 0.346 e. The molecule has 0 spiro atoms. The SMILES string of the molecule is Cc1[nH+]c2ccccc2n1C(=O)c1ccc(Cl)cc1. The first-order valence-electron chi connectivity index (χ1n) is 5.96. The summed E-state index contributed by atoms with van der Waals surface area (Å²) in [5.41, 5.74) is 2.43. The number of halogens is 1. The van der Waals surface area contributed by atoms with Gasteiger partial charge in [0.15, 0.2) is 11.0 Å². The lowest BCUT2D eigenvalue weighted by molar-refractivity contribution is -0.356. The van der Waals surface area contributed by atoms with Gasteiger partial charge < -0.3 is 0 Å². The van der Waals surface area contributed by atoms with Gasteiger partial charge in [-0.05, 0) is 36.4 Å². The summed E-state index contributed by atoms with van der Waals surface area (Å²) in [5.74, 6) is 0.743. The molecule has 0 radical (unpaired) electrons. The van der Waals surface area contributed by atoms with Gasteiger partial charge in [0.1, 0.15) is 0 Å². The highest BCUT2D eigenvalue weighted by Crippen LogP contribution is 2.16. The van der Waals surface area contributed by atoms with Crippen molar-refractivity contribution in [1.82, 2.24) is 4.57 Å².